The SMILES string of the molecule is CC.CC(=O)Cc1c(F)cccc1F. The van der Waals surface area contributed by atoms with E-state index in [-0.39, 0.29) is 17.8 Å². The minimum atomic E-state index is -0.662. The largest absolute Gasteiger partial charge is 0.300 e. The second-order valence-corrected chi connectivity index (χ2v) is 2.58. The molecule has 1 aromatic rings. The second-order valence-electron chi connectivity index (χ2n) is 2.58. The zero-order chi connectivity index (χ0) is 11.1. The number of halogens is 2. The van der Waals surface area contributed by atoms with E-state index in [1.165, 1.54) is 13.0 Å². The van der Waals surface area contributed by atoms with Crippen LogP contribution in [-0.2, 0) is 11.2 Å². The molecule has 0 bridgehead atoms. The first-order valence-electron chi connectivity index (χ1n) is 4.53. The summed E-state index contributed by atoms with van der Waals surface area (Å²) in [5.74, 6) is -1.57. The molecule has 78 valence electrons. The Morgan fingerprint density at radius 1 is 1.21 bits per heavy atom. The molecule has 0 amide bonds. The van der Waals surface area contributed by atoms with Crippen LogP contribution in [0.3, 0.4) is 0 Å². The van der Waals surface area contributed by atoms with Crippen LogP contribution in [0.2, 0.25) is 0 Å². The number of ketones is 1. The molecule has 0 aliphatic heterocycles. The van der Waals surface area contributed by atoms with E-state index < -0.39 is 11.6 Å². The van der Waals surface area contributed by atoms with Crippen LogP contribution in [0.4, 0.5) is 8.78 Å². The van der Waals surface area contributed by atoms with Gasteiger partial charge in [-0.3, -0.25) is 4.79 Å². The maximum atomic E-state index is 12.8. The van der Waals surface area contributed by atoms with E-state index in [1.807, 2.05) is 13.8 Å². The van der Waals surface area contributed by atoms with Gasteiger partial charge in [0.2, 0.25) is 0 Å². The van der Waals surface area contributed by atoms with Crippen molar-refractivity contribution in [3.8, 4) is 0 Å². The minimum absolute atomic E-state index is 0.148. The lowest BCUT2D eigenvalue weighted by Gasteiger charge is -2.00. The van der Waals surface area contributed by atoms with Crippen LogP contribution < -0.4 is 0 Å². The van der Waals surface area contributed by atoms with Gasteiger partial charge in [0.05, 0.1) is 0 Å². The minimum Gasteiger partial charge on any atom is -0.300 e. The summed E-state index contributed by atoms with van der Waals surface area (Å²) in [4.78, 5) is 10.6. The molecule has 0 aliphatic rings. The molecule has 0 fully saturated rings. The van der Waals surface area contributed by atoms with E-state index in [1.54, 1.807) is 0 Å². The molecule has 1 rings (SSSR count). The number of benzene rings is 1. The first-order chi connectivity index (χ1) is 6.61. The summed E-state index contributed by atoms with van der Waals surface area (Å²) in [6.45, 7) is 5.30. The summed E-state index contributed by atoms with van der Waals surface area (Å²) < 4.78 is 25.6. The Morgan fingerprint density at radius 2 is 1.64 bits per heavy atom. The Bertz CT molecular complexity index is 288. The van der Waals surface area contributed by atoms with Gasteiger partial charge in [-0.05, 0) is 19.1 Å². The Balaban J connectivity index is 0.000000791. The molecule has 0 unspecified atom stereocenters. The standard InChI is InChI=1S/C9H8F2O.C2H6/c1-6(12)5-7-8(10)3-2-4-9(7)11;1-2/h2-4H,5H2,1H3;1-2H3. The monoisotopic (exact) mass is 200 g/mol. The van der Waals surface area contributed by atoms with Crippen LogP contribution in [0, 0.1) is 11.6 Å². The van der Waals surface area contributed by atoms with Crippen molar-refractivity contribution >= 4 is 5.78 Å². The van der Waals surface area contributed by atoms with Crippen LogP contribution in [-0.4, -0.2) is 5.78 Å². The third-order valence-electron chi connectivity index (χ3n) is 1.49. The lowest BCUT2D eigenvalue weighted by Crippen LogP contribution is -2.02. The van der Waals surface area contributed by atoms with Gasteiger partial charge in [0.15, 0.2) is 0 Å². The van der Waals surface area contributed by atoms with Crippen LogP contribution >= 0.6 is 0 Å². The van der Waals surface area contributed by atoms with Gasteiger partial charge in [-0.2, -0.15) is 0 Å². The van der Waals surface area contributed by atoms with E-state index in [9.17, 15) is 13.6 Å². The molecule has 0 saturated heterocycles. The molecule has 0 N–H and O–H groups in total. The summed E-state index contributed by atoms with van der Waals surface area (Å²) in [7, 11) is 0. The van der Waals surface area contributed by atoms with Gasteiger partial charge in [-0.15, -0.1) is 0 Å². The van der Waals surface area contributed by atoms with Gasteiger partial charge in [-0.25, -0.2) is 8.78 Å². The van der Waals surface area contributed by atoms with Gasteiger partial charge < -0.3 is 0 Å². The van der Waals surface area contributed by atoms with Gasteiger partial charge in [0, 0.05) is 12.0 Å². The number of carbonyl (C=O) groups excluding carboxylic acids is 1. The van der Waals surface area contributed by atoms with E-state index in [2.05, 4.69) is 0 Å². The summed E-state index contributed by atoms with van der Waals surface area (Å²) >= 11 is 0. The number of rotatable bonds is 2. The van der Waals surface area contributed by atoms with Gasteiger partial charge in [-0.1, -0.05) is 19.9 Å². The summed E-state index contributed by atoms with van der Waals surface area (Å²) in [6.07, 6.45) is -0.182. The molecule has 1 nitrogen and oxygen atoms in total. The molecule has 0 aromatic heterocycles. The number of Topliss-reactive ketones (excluding diaryl/α,β-unsaturated/α-hetero) is 1. The molecule has 14 heavy (non-hydrogen) atoms. The van der Waals surface area contributed by atoms with E-state index in [0.717, 1.165) is 12.1 Å². The molecule has 0 heterocycles. The molecule has 0 radical (unpaired) electrons. The Kier molecular flexibility index (Phi) is 5.68. The fourth-order valence-corrected chi connectivity index (χ4v) is 0.950. The first kappa shape index (κ1) is 12.8. The smallest absolute Gasteiger partial charge is 0.134 e. The van der Waals surface area contributed by atoms with Crippen molar-refractivity contribution in [3.05, 3.63) is 35.4 Å². The Labute approximate surface area is 82.8 Å². The summed E-state index contributed by atoms with van der Waals surface area (Å²) in [5.41, 5.74) is -0.148. The topological polar surface area (TPSA) is 17.1 Å². The highest BCUT2D eigenvalue weighted by Gasteiger charge is 2.09. The average Bonchev–Trinajstić information content (AvgIpc) is 2.15. The highest BCUT2D eigenvalue weighted by atomic mass is 19.1. The van der Waals surface area contributed by atoms with E-state index in [4.69, 9.17) is 0 Å². The molecule has 1 aromatic carbocycles. The Hall–Kier alpha value is -1.25. The van der Waals surface area contributed by atoms with Gasteiger partial charge in [0.25, 0.3) is 0 Å². The Morgan fingerprint density at radius 3 is 2.00 bits per heavy atom. The quantitative estimate of drug-likeness (QED) is 0.716. The van der Waals surface area contributed by atoms with Crippen LogP contribution in [0.1, 0.15) is 26.3 Å². The predicted molar refractivity (Wildman–Crippen MR) is 52.1 cm³/mol. The maximum absolute atomic E-state index is 12.8. The van der Waals surface area contributed by atoms with Crippen LogP contribution in [0.15, 0.2) is 18.2 Å². The fraction of sp³-hybridized carbons (Fsp3) is 0.364. The van der Waals surface area contributed by atoms with E-state index >= 15 is 0 Å². The number of hydrogen-bond donors (Lipinski definition) is 0. The molecule has 0 spiro atoms. The molecule has 0 saturated carbocycles. The van der Waals surface area contributed by atoms with Gasteiger partial charge in [0.1, 0.15) is 17.4 Å². The summed E-state index contributed by atoms with van der Waals surface area (Å²) in [5, 5.41) is 0. The third-order valence-corrected chi connectivity index (χ3v) is 1.49. The molecule has 3 heteroatoms. The first-order valence-corrected chi connectivity index (χ1v) is 4.53. The molecular weight excluding hydrogens is 186 g/mol. The third kappa shape index (κ3) is 3.64. The van der Waals surface area contributed by atoms with Crippen molar-refractivity contribution in [2.75, 3.05) is 0 Å². The predicted octanol–water partition coefficient (Wildman–Crippen LogP) is 3.12. The zero-order valence-electron chi connectivity index (χ0n) is 8.60. The maximum Gasteiger partial charge on any atom is 0.134 e. The lowest BCUT2D eigenvalue weighted by atomic mass is 10.1. The summed E-state index contributed by atoms with van der Waals surface area (Å²) in [6, 6.07) is 3.55. The average molecular weight is 200 g/mol. The highest BCUT2D eigenvalue weighted by Crippen LogP contribution is 2.12. The number of hydrogen-bond acceptors (Lipinski definition) is 1. The van der Waals surface area contributed by atoms with Crippen LogP contribution in [0.25, 0.3) is 0 Å². The molecular formula is C11H14F2O. The highest BCUT2D eigenvalue weighted by molar-refractivity contribution is 5.78. The second kappa shape index (κ2) is 6.24. The van der Waals surface area contributed by atoms with Crippen molar-refractivity contribution in [2.45, 2.75) is 27.2 Å². The van der Waals surface area contributed by atoms with Crippen molar-refractivity contribution in [2.24, 2.45) is 0 Å². The zero-order valence-corrected chi connectivity index (χ0v) is 8.60. The lowest BCUT2D eigenvalue weighted by molar-refractivity contribution is -0.116. The molecule has 0 atom stereocenters. The van der Waals surface area contributed by atoms with Crippen molar-refractivity contribution in [3.63, 3.8) is 0 Å². The van der Waals surface area contributed by atoms with E-state index in [0.29, 0.717) is 0 Å². The van der Waals surface area contributed by atoms with Crippen molar-refractivity contribution in [1.82, 2.24) is 0 Å². The number of carbonyl (C=O) groups is 1. The van der Waals surface area contributed by atoms with Crippen LogP contribution in [0.5, 0.6) is 0 Å². The van der Waals surface area contributed by atoms with Gasteiger partial charge >= 0.3 is 0 Å². The fourth-order valence-electron chi connectivity index (χ4n) is 0.950. The van der Waals surface area contributed by atoms with Crippen molar-refractivity contribution in [1.29, 1.82) is 0 Å². The van der Waals surface area contributed by atoms with Crippen molar-refractivity contribution < 1.29 is 13.6 Å². The molecule has 0 aliphatic carbocycles. The normalized spacial score (nSPS) is 8.93.